The van der Waals surface area contributed by atoms with Crippen molar-refractivity contribution in [3.05, 3.63) is 71.3 Å². The first-order valence-electron chi connectivity index (χ1n) is 7.59. The van der Waals surface area contributed by atoms with Crippen LogP contribution >= 0.6 is 0 Å². The Morgan fingerprint density at radius 3 is 2.77 bits per heavy atom. The third-order valence-corrected chi connectivity index (χ3v) is 4.00. The summed E-state index contributed by atoms with van der Waals surface area (Å²) in [5, 5.41) is 0. The second-order valence-electron chi connectivity index (χ2n) is 5.61. The maximum absolute atomic E-state index is 12.3. The van der Waals surface area contributed by atoms with E-state index < -0.39 is 0 Å². The van der Waals surface area contributed by atoms with Crippen molar-refractivity contribution in [2.75, 3.05) is 12.3 Å². The van der Waals surface area contributed by atoms with Crippen LogP contribution < -0.4 is 5.73 Å². The van der Waals surface area contributed by atoms with Gasteiger partial charge in [0.15, 0.2) is 0 Å². The minimum Gasteiger partial charge on any atom is -0.399 e. The molecule has 0 saturated carbocycles. The zero-order valence-electron chi connectivity index (χ0n) is 12.5. The summed E-state index contributed by atoms with van der Waals surface area (Å²) in [6, 6.07) is 16.0. The third-order valence-electron chi connectivity index (χ3n) is 4.00. The first-order chi connectivity index (χ1) is 10.7. The normalized spacial score (nSPS) is 14.1. The molecular formula is C19H20N2O. The largest absolute Gasteiger partial charge is 0.399 e. The van der Waals surface area contributed by atoms with Gasteiger partial charge in [-0.2, -0.15) is 0 Å². The molecule has 0 bridgehead atoms. The molecule has 2 aromatic rings. The smallest absolute Gasteiger partial charge is 0.226 e. The van der Waals surface area contributed by atoms with Crippen molar-refractivity contribution in [2.45, 2.75) is 19.4 Å². The average molecular weight is 292 g/mol. The number of carbonyl (C=O) groups excluding carboxylic acids is 1. The van der Waals surface area contributed by atoms with E-state index in [1.54, 1.807) is 0 Å². The van der Waals surface area contributed by atoms with Gasteiger partial charge in [0, 0.05) is 25.2 Å². The fourth-order valence-corrected chi connectivity index (χ4v) is 2.77. The van der Waals surface area contributed by atoms with Crippen LogP contribution in [0.15, 0.2) is 54.6 Å². The Kier molecular flexibility index (Phi) is 4.24. The lowest BCUT2D eigenvalue weighted by Gasteiger charge is -2.28. The van der Waals surface area contributed by atoms with Gasteiger partial charge < -0.3 is 10.6 Å². The van der Waals surface area contributed by atoms with Crippen LogP contribution in [0.1, 0.15) is 23.1 Å². The van der Waals surface area contributed by atoms with Gasteiger partial charge >= 0.3 is 0 Å². The van der Waals surface area contributed by atoms with Gasteiger partial charge in [-0.25, -0.2) is 0 Å². The van der Waals surface area contributed by atoms with Crippen molar-refractivity contribution in [1.82, 2.24) is 4.90 Å². The van der Waals surface area contributed by atoms with Crippen LogP contribution in [-0.4, -0.2) is 17.4 Å². The predicted octanol–water partition coefficient (Wildman–Crippen LogP) is 3.26. The predicted molar refractivity (Wildman–Crippen MR) is 90.1 cm³/mol. The summed E-state index contributed by atoms with van der Waals surface area (Å²) in [4.78, 5) is 14.2. The quantitative estimate of drug-likeness (QED) is 0.883. The van der Waals surface area contributed by atoms with Gasteiger partial charge in [-0.3, -0.25) is 4.79 Å². The van der Waals surface area contributed by atoms with Gasteiger partial charge in [-0.1, -0.05) is 48.6 Å². The maximum atomic E-state index is 12.3. The lowest BCUT2D eigenvalue weighted by Crippen LogP contribution is -2.35. The Morgan fingerprint density at radius 2 is 1.95 bits per heavy atom. The summed E-state index contributed by atoms with van der Waals surface area (Å²) >= 11 is 0. The van der Waals surface area contributed by atoms with E-state index in [4.69, 9.17) is 5.73 Å². The van der Waals surface area contributed by atoms with Crippen LogP contribution in [-0.2, 0) is 17.8 Å². The molecule has 1 aliphatic rings. The molecule has 2 aromatic carbocycles. The van der Waals surface area contributed by atoms with E-state index >= 15 is 0 Å². The number of nitrogens with zero attached hydrogens (tertiary/aromatic N) is 1. The highest BCUT2D eigenvalue weighted by Crippen LogP contribution is 2.21. The molecule has 0 radical (unpaired) electrons. The molecule has 0 aromatic heterocycles. The molecule has 0 fully saturated rings. The Balaban J connectivity index is 1.60. The highest BCUT2D eigenvalue weighted by molar-refractivity contribution is 5.79. The molecule has 1 amide bonds. The van der Waals surface area contributed by atoms with Gasteiger partial charge in [0.1, 0.15) is 0 Å². The maximum Gasteiger partial charge on any atom is 0.226 e. The molecule has 0 aliphatic carbocycles. The van der Waals surface area contributed by atoms with Crippen LogP contribution in [0.3, 0.4) is 0 Å². The highest BCUT2D eigenvalue weighted by atomic mass is 16.2. The number of hydrogen-bond acceptors (Lipinski definition) is 2. The van der Waals surface area contributed by atoms with Gasteiger partial charge in [-0.15, -0.1) is 0 Å². The Morgan fingerprint density at radius 1 is 1.14 bits per heavy atom. The number of fused-ring (bicyclic) bond motifs is 1. The molecule has 0 spiro atoms. The van der Waals surface area contributed by atoms with Crippen LogP contribution in [0.25, 0.3) is 6.08 Å². The first kappa shape index (κ1) is 14.4. The monoisotopic (exact) mass is 292 g/mol. The van der Waals surface area contributed by atoms with Crippen LogP contribution in [0.4, 0.5) is 5.69 Å². The van der Waals surface area contributed by atoms with E-state index in [0.29, 0.717) is 13.0 Å². The zero-order valence-corrected chi connectivity index (χ0v) is 12.5. The molecule has 0 saturated heterocycles. The molecule has 3 nitrogen and oxygen atoms in total. The van der Waals surface area contributed by atoms with Crippen LogP contribution in [0.2, 0.25) is 0 Å². The second kappa shape index (κ2) is 6.48. The Labute approximate surface area is 131 Å². The van der Waals surface area contributed by atoms with Gasteiger partial charge in [0.2, 0.25) is 5.91 Å². The molecule has 3 rings (SSSR count). The minimum atomic E-state index is 0.176. The molecule has 112 valence electrons. The van der Waals surface area contributed by atoms with Crippen molar-refractivity contribution < 1.29 is 4.79 Å². The number of anilines is 1. The first-order valence-corrected chi connectivity index (χ1v) is 7.59. The number of amides is 1. The van der Waals surface area contributed by atoms with Crippen molar-refractivity contribution in [3.8, 4) is 0 Å². The molecule has 0 atom stereocenters. The highest BCUT2D eigenvalue weighted by Gasteiger charge is 2.19. The summed E-state index contributed by atoms with van der Waals surface area (Å²) in [6.07, 6.45) is 5.26. The summed E-state index contributed by atoms with van der Waals surface area (Å²) in [5.74, 6) is 0.176. The second-order valence-corrected chi connectivity index (χ2v) is 5.61. The van der Waals surface area contributed by atoms with Gasteiger partial charge in [-0.05, 0) is 35.2 Å². The molecule has 1 aliphatic heterocycles. The molecular weight excluding hydrogens is 272 g/mol. The van der Waals surface area contributed by atoms with E-state index in [-0.39, 0.29) is 5.91 Å². The fourth-order valence-electron chi connectivity index (χ4n) is 2.77. The molecule has 1 heterocycles. The van der Waals surface area contributed by atoms with Gasteiger partial charge in [0.05, 0.1) is 0 Å². The van der Waals surface area contributed by atoms with E-state index in [2.05, 4.69) is 0 Å². The molecule has 2 N–H and O–H groups in total. The van der Waals surface area contributed by atoms with Crippen molar-refractivity contribution >= 4 is 17.7 Å². The Bertz CT molecular complexity index is 692. The number of benzene rings is 2. The zero-order chi connectivity index (χ0) is 15.4. The fraction of sp³-hybridized carbons (Fsp3) is 0.211. The summed E-state index contributed by atoms with van der Waals surface area (Å²) in [7, 11) is 0. The van der Waals surface area contributed by atoms with Gasteiger partial charge in [0.25, 0.3) is 0 Å². The number of hydrogen-bond donors (Lipinski definition) is 1. The molecule has 3 heteroatoms. The van der Waals surface area contributed by atoms with Crippen LogP contribution in [0.5, 0.6) is 0 Å². The van der Waals surface area contributed by atoms with Crippen molar-refractivity contribution in [1.29, 1.82) is 0 Å². The standard InChI is InChI=1S/C19H20N2O/c20-18-10-9-17-14-21(12-11-16(17)13-18)19(22)8-4-7-15-5-2-1-3-6-15/h1-7,9-10,13H,8,11-12,14,20H2. The summed E-state index contributed by atoms with van der Waals surface area (Å²) in [6.45, 7) is 1.46. The topological polar surface area (TPSA) is 46.3 Å². The molecule has 22 heavy (non-hydrogen) atoms. The number of nitrogens with two attached hydrogens (primary N) is 1. The van der Waals surface area contributed by atoms with Crippen molar-refractivity contribution in [2.24, 2.45) is 0 Å². The lowest BCUT2D eigenvalue weighted by molar-refractivity contribution is -0.131. The summed E-state index contributed by atoms with van der Waals surface area (Å²) in [5.41, 5.74) is 10.2. The third kappa shape index (κ3) is 3.37. The number of carbonyl (C=O) groups is 1. The number of nitrogen functional groups attached to an aromatic ring is 1. The average Bonchev–Trinajstić information content (AvgIpc) is 2.55. The van der Waals surface area contributed by atoms with Crippen molar-refractivity contribution in [3.63, 3.8) is 0 Å². The lowest BCUT2D eigenvalue weighted by atomic mass is 9.99. The minimum absolute atomic E-state index is 0.176. The summed E-state index contributed by atoms with van der Waals surface area (Å²) < 4.78 is 0. The Hall–Kier alpha value is -2.55. The SMILES string of the molecule is Nc1ccc2c(c1)CCN(C(=O)CC=Cc1ccccc1)C2. The van der Waals surface area contributed by atoms with E-state index in [1.165, 1.54) is 11.1 Å². The molecule has 0 unspecified atom stereocenters. The van der Waals surface area contributed by atoms with Crippen LogP contribution in [0, 0.1) is 0 Å². The van der Waals surface area contributed by atoms with E-state index in [9.17, 15) is 4.79 Å². The number of rotatable bonds is 3. The van der Waals surface area contributed by atoms with E-state index in [0.717, 1.165) is 24.2 Å². The van der Waals surface area contributed by atoms with E-state index in [1.807, 2.05) is 65.6 Å².